The number of carbonyl (C=O) groups is 1. The van der Waals surface area contributed by atoms with E-state index < -0.39 is 0 Å². The highest BCUT2D eigenvalue weighted by atomic mass is 16.5. The summed E-state index contributed by atoms with van der Waals surface area (Å²) < 4.78 is 4.94. The molecule has 0 saturated heterocycles. The van der Waals surface area contributed by atoms with Crippen LogP contribution in [0, 0.1) is 5.92 Å². The Kier molecular flexibility index (Phi) is 6.02. The Morgan fingerprint density at radius 2 is 2.10 bits per heavy atom. The number of carbonyl (C=O) groups excluding carboxylic acids is 1. The fourth-order valence-electron chi connectivity index (χ4n) is 2.34. The van der Waals surface area contributed by atoms with Crippen molar-refractivity contribution in [1.82, 2.24) is 10.6 Å². The zero-order valence-electron chi connectivity index (χ0n) is 12.1. The predicted octanol–water partition coefficient (Wildman–Crippen LogP) is 1.36. The molecule has 1 aromatic carbocycles. The summed E-state index contributed by atoms with van der Waals surface area (Å²) in [5, 5.41) is 6.24. The van der Waals surface area contributed by atoms with E-state index in [0.29, 0.717) is 25.6 Å². The Labute approximate surface area is 120 Å². The van der Waals surface area contributed by atoms with Crippen molar-refractivity contribution in [2.75, 3.05) is 26.8 Å². The van der Waals surface area contributed by atoms with Crippen molar-refractivity contribution < 1.29 is 9.53 Å². The first-order valence-corrected chi connectivity index (χ1v) is 7.32. The van der Waals surface area contributed by atoms with Crippen molar-refractivity contribution in [3.63, 3.8) is 0 Å². The third-order valence-corrected chi connectivity index (χ3v) is 3.60. The number of amides is 1. The van der Waals surface area contributed by atoms with Gasteiger partial charge in [-0.1, -0.05) is 30.3 Å². The van der Waals surface area contributed by atoms with E-state index in [2.05, 4.69) is 22.8 Å². The monoisotopic (exact) mass is 276 g/mol. The molecule has 20 heavy (non-hydrogen) atoms. The SMILES string of the molecule is COCCNCC(=O)NC(Cc1ccccc1)C1CC1. The van der Waals surface area contributed by atoms with Gasteiger partial charge < -0.3 is 15.4 Å². The average Bonchev–Trinajstić information content (AvgIpc) is 3.29. The van der Waals surface area contributed by atoms with Gasteiger partial charge in [-0.3, -0.25) is 4.79 Å². The Balaban J connectivity index is 1.76. The molecule has 1 aromatic rings. The lowest BCUT2D eigenvalue weighted by Crippen LogP contribution is -2.43. The molecule has 1 fully saturated rings. The summed E-state index contributed by atoms with van der Waals surface area (Å²) in [7, 11) is 1.66. The minimum Gasteiger partial charge on any atom is -0.383 e. The van der Waals surface area contributed by atoms with Gasteiger partial charge in [-0.05, 0) is 30.7 Å². The van der Waals surface area contributed by atoms with Gasteiger partial charge in [0.2, 0.25) is 5.91 Å². The second-order valence-corrected chi connectivity index (χ2v) is 5.37. The number of hydrogen-bond donors (Lipinski definition) is 2. The third-order valence-electron chi connectivity index (χ3n) is 3.60. The van der Waals surface area contributed by atoms with Gasteiger partial charge in [-0.15, -0.1) is 0 Å². The largest absolute Gasteiger partial charge is 0.383 e. The first-order valence-electron chi connectivity index (χ1n) is 7.32. The fraction of sp³-hybridized carbons (Fsp3) is 0.562. The summed E-state index contributed by atoms with van der Waals surface area (Å²) in [6.07, 6.45) is 3.39. The van der Waals surface area contributed by atoms with Crippen molar-refractivity contribution in [3.8, 4) is 0 Å². The van der Waals surface area contributed by atoms with Crippen molar-refractivity contribution in [2.45, 2.75) is 25.3 Å². The van der Waals surface area contributed by atoms with E-state index in [0.717, 1.165) is 6.42 Å². The third kappa shape index (κ3) is 5.31. The molecule has 0 heterocycles. The van der Waals surface area contributed by atoms with Crippen LogP contribution in [0.4, 0.5) is 0 Å². The minimum absolute atomic E-state index is 0.0777. The summed E-state index contributed by atoms with van der Waals surface area (Å²) in [6, 6.07) is 10.6. The van der Waals surface area contributed by atoms with E-state index in [1.165, 1.54) is 18.4 Å². The maximum Gasteiger partial charge on any atom is 0.234 e. The molecule has 4 nitrogen and oxygen atoms in total. The van der Waals surface area contributed by atoms with Crippen molar-refractivity contribution in [3.05, 3.63) is 35.9 Å². The van der Waals surface area contributed by atoms with Crippen molar-refractivity contribution in [1.29, 1.82) is 0 Å². The number of nitrogens with one attached hydrogen (secondary N) is 2. The number of methoxy groups -OCH3 is 1. The average molecular weight is 276 g/mol. The van der Waals surface area contributed by atoms with Crippen LogP contribution in [0.5, 0.6) is 0 Å². The molecule has 0 aromatic heterocycles. The summed E-state index contributed by atoms with van der Waals surface area (Å²) in [4.78, 5) is 11.9. The molecule has 0 spiro atoms. The van der Waals surface area contributed by atoms with Crippen LogP contribution in [-0.4, -0.2) is 38.8 Å². The first-order chi connectivity index (χ1) is 9.79. The zero-order chi connectivity index (χ0) is 14.2. The highest BCUT2D eigenvalue weighted by Gasteiger charge is 2.32. The maximum atomic E-state index is 11.9. The van der Waals surface area contributed by atoms with E-state index in [9.17, 15) is 4.79 Å². The molecule has 1 saturated carbocycles. The highest BCUT2D eigenvalue weighted by molar-refractivity contribution is 5.78. The topological polar surface area (TPSA) is 50.4 Å². The molecule has 1 aliphatic rings. The van der Waals surface area contributed by atoms with Crippen LogP contribution in [-0.2, 0) is 16.0 Å². The molecule has 2 N–H and O–H groups in total. The summed E-state index contributed by atoms with van der Waals surface area (Å²) in [6.45, 7) is 1.70. The first kappa shape index (κ1) is 15.0. The predicted molar refractivity (Wildman–Crippen MR) is 79.5 cm³/mol. The van der Waals surface area contributed by atoms with Crippen LogP contribution >= 0.6 is 0 Å². The fourth-order valence-corrected chi connectivity index (χ4v) is 2.34. The molecular formula is C16H24N2O2. The van der Waals surface area contributed by atoms with Gasteiger partial charge in [0.05, 0.1) is 13.2 Å². The van der Waals surface area contributed by atoms with Gasteiger partial charge in [-0.2, -0.15) is 0 Å². The van der Waals surface area contributed by atoms with Gasteiger partial charge in [0, 0.05) is 19.7 Å². The van der Waals surface area contributed by atoms with Gasteiger partial charge in [0.25, 0.3) is 0 Å². The summed E-state index contributed by atoms with van der Waals surface area (Å²) in [5.41, 5.74) is 1.29. The van der Waals surface area contributed by atoms with Crippen molar-refractivity contribution in [2.24, 2.45) is 5.92 Å². The Bertz CT molecular complexity index is 404. The lowest BCUT2D eigenvalue weighted by Gasteiger charge is -2.18. The highest BCUT2D eigenvalue weighted by Crippen LogP contribution is 2.34. The van der Waals surface area contributed by atoms with Crippen LogP contribution in [0.1, 0.15) is 18.4 Å². The van der Waals surface area contributed by atoms with Gasteiger partial charge in [0.15, 0.2) is 0 Å². The molecule has 0 bridgehead atoms. The lowest BCUT2D eigenvalue weighted by molar-refractivity contribution is -0.121. The van der Waals surface area contributed by atoms with E-state index in [-0.39, 0.29) is 11.9 Å². The van der Waals surface area contributed by atoms with Crippen LogP contribution in [0.3, 0.4) is 0 Å². The number of rotatable bonds is 9. The normalized spacial score (nSPS) is 15.8. The Hall–Kier alpha value is -1.39. The Morgan fingerprint density at radius 3 is 2.75 bits per heavy atom. The van der Waals surface area contributed by atoms with Gasteiger partial charge in [-0.25, -0.2) is 0 Å². The van der Waals surface area contributed by atoms with E-state index in [1.54, 1.807) is 7.11 Å². The van der Waals surface area contributed by atoms with Gasteiger partial charge >= 0.3 is 0 Å². The molecule has 2 rings (SSSR count). The molecule has 1 atom stereocenters. The van der Waals surface area contributed by atoms with Crippen LogP contribution in [0.15, 0.2) is 30.3 Å². The lowest BCUT2D eigenvalue weighted by atomic mass is 10.0. The van der Waals surface area contributed by atoms with E-state index in [4.69, 9.17) is 4.74 Å². The number of benzene rings is 1. The molecule has 0 radical (unpaired) electrons. The quantitative estimate of drug-likeness (QED) is 0.670. The molecule has 0 aliphatic heterocycles. The molecule has 110 valence electrons. The second kappa shape index (κ2) is 8.02. The zero-order valence-corrected chi connectivity index (χ0v) is 12.1. The molecule has 1 aliphatic carbocycles. The van der Waals surface area contributed by atoms with E-state index >= 15 is 0 Å². The molecule has 1 amide bonds. The molecular weight excluding hydrogens is 252 g/mol. The van der Waals surface area contributed by atoms with Crippen molar-refractivity contribution >= 4 is 5.91 Å². The molecule has 1 unspecified atom stereocenters. The van der Waals surface area contributed by atoms with Crippen LogP contribution in [0.2, 0.25) is 0 Å². The Morgan fingerprint density at radius 1 is 1.35 bits per heavy atom. The second-order valence-electron chi connectivity index (χ2n) is 5.37. The summed E-state index contributed by atoms with van der Waals surface area (Å²) in [5.74, 6) is 0.729. The van der Waals surface area contributed by atoms with Crippen LogP contribution in [0.25, 0.3) is 0 Å². The summed E-state index contributed by atoms with van der Waals surface area (Å²) >= 11 is 0. The van der Waals surface area contributed by atoms with E-state index in [1.807, 2.05) is 18.2 Å². The van der Waals surface area contributed by atoms with Gasteiger partial charge in [0.1, 0.15) is 0 Å². The standard InChI is InChI=1S/C16H24N2O2/c1-20-10-9-17-12-16(19)18-15(14-7-8-14)11-13-5-3-2-4-6-13/h2-6,14-15,17H,7-12H2,1H3,(H,18,19). The smallest absolute Gasteiger partial charge is 0.234 e. The minimum atomic E-state index is 0.0777. The van der Waals surface area contributed by atoms with Crippen LogP contribution < -0.4 is 10.6 Å². The number of hydrogen-bond acceptors (Lipinski definition) is 3. The maximum absolute atomic E-state index is 11.9. The molecule has 4 heteroatoms. The number of ether oxygens (including phenoxy) is 1.